The molecule has 1 aromatic rings. The minimum atomic E-state index is -0.262. The van der Waals surface area contributed by atoms with E-state index in [1.807, 2.05) is 14.0 Å². The second kappa shape index (κ2) is 6.62. The first-order valence-electron chi connectivity index (χ1n) is 5.64. The van der Waals surface area contributed by atoms with E-state index in [9.17, 15) is 4.39 Å². The zero-order valence-electron chi connectivity index (χ0n) is 10.3. The fraction of sp³-hybridized carbons (Fsp3) is 0.385. The van der Waals surface area contributed by atoms with Crippen molar-refractivity contribution in [3.05, 3.63) is 40.8 Å². The molecule has 1 atom stereocenters. The van der Waals surface area contributed by atoms with Crippen LogP contribution < -0.4 is 10.6 Å². The minimum Gasteiger partial charge on any atom is -0.376 e. The lowest BCUT2D eigenvalue weighted by Gasteiger charge is -2.15. The Morgan fingerprint density at radius 2 is 2.24 bits per heavy atom. The Labute approximate surface area is 107 Å². The molecule has 0 aliphatic carbocycles. The maximum Gasteiger partial charge on any atom is 0.130 e. The summed E-state index contributed by atoms with van der Waals surface area (Å²) < 4.78 is 13.6. The second-order valence-corrected chi connectivity index (χ2v) is 4.30. The van der Waals surface area contributed by atoms with Crippen LogP contribution in [-0.4, -0.2) is 13.2 Å². The molecule has 2 nitrogen and oxygen atoms in total. The van der Waals surface area contributed by atoms with E-state index in [-0.39, 0.29) is 12.0 Å². The van der Waals surface area contributed by atoms with Crippen LogP contribution in [0, 0.1) is 5.82 Å². The number of benzene rings is 1. The van der Waals surface area contributed by atoms with Gasteiger partial charge in [-0.25, -0.2) is 4.39 Å². The Kier molecular flexibility index (Phi) is 5.45. The Balaban J connectivity index is 2.84. The van der Waals surface area contributed by atoms with Gasteiger partial charge in [0, 0.05) is 16.8 Å². The first-order valence-corrected chi connectivity index (χ1v) is 6.01. The Hall–Kier alpha value is -1.06. The molecule has 0 aliphatic rings. The summed E-state index contributed by atoms with van der Waals surface area (Å²) in [5.74, 6) is -0.262. The van der Waals surface area contributed by atoms with E-state index in [0.717, 1.165) is 12.0 Å². The molecule has 0 spiro atoms. The molecule has 1 unspecified atom stereocenters. The fourth-order valence-corrected chi connectivity index (χ4v) is 1.68. The van der Waals surface area contributed by atoms with Gasteiger partial charge in [-0.15, -0.1) is 0 Å². The summed E-state index contributed by atoms with van der Waals surface area (Å²) in [6.07, 6.45) is 2.93. The van der Waals surface area contributed by atoms with Crippen LogP contribution >= 0.6 is 11.6 Å². The Morgan fingerprint density at radius 1 is 1.53 bits per heavy atom. The highest BCUT2D eigenvalue weighted by atomic mass is 35.5. The summed E-state index contributed by atoms with van der Waals surface area (Å²) in [5, 5.41) is 6.83. The van der Waals surface area contributed by atoms with Gasteiger partial charge in [-0.1, -0.05) is 18.5 Å². The third-order valence-corrected chi connectivity index (χ3v) is 2.85. The quantitative estimate of drug-likeness (QED) is 0.790. The van der Waals surface area contributed by atoms with Crippen LogP contribution in [0.5, 0.6) is 0 Å². The topological polar surface area (TPSA) is 24.1 Å². The lowest BCUT2D eigenvalue weighted by Crippen LogP contribution is -2.36. The van der Waals surface area contributed by atoms with Crippen molar-refractivity contribution < 1.29 is 4.39 Å². The van der Waals surface area contributed by atoms with Gasteiger partial charge in [0.25, 0.3) is 0 Å². The summed E-state index contributed by atoms with van der Waals surface area (Å²) in [7, 11) is 1.88. The monoisotopic (exact) mass is 256 g/mol. The normalized spacial score (nSPS) is 13.6. The smallest absolute Gasteiger partial charge is 0.130 e. The van der Waals surface area contributed by atoms with Crippen molar-refractivity contribution in [2.75, 3.05) is 7.05 Å². The maximum absolute atomic E-state index is 13.6. The molecule has 0 amide bonds. The van der Waals surface area contributed by atoms with E-state index in [4.69, 9.17) is 11.6 Å². The van der Waals surface area contributed by atoms with Crippen molar-refractivity contribution in [3.63, 3.8) is 0 Å². The molecule has 2 N–H and O–H groups in total. The Bertz CT molecular complexity index is 400. The van der Waals surface area contributed by atoms with Gasteiger partial charge in [0.1, 0.15) is 5.82 Å². The van der Waals surface area contributed by atoms with Gasteiger partial charge in [-0.05, 0) is 44.2 Å². The van der Waals surface area contributed by atoms with Crippen LogP contribution in [0.25, 0.3) is 5.57 Å². The SMILES string of the molecule is CCC(NC)N/C=C(\C)c1cc(Cl)ccc1F. The van der Waals surface area contributed by atoms with Gasteiger partial charge in [0.2, 0.25) is 0 Å². The predicted molar refractivity (Wildman–Crippen MR) is 71.3 cm³/mol. The lowest BCUT2D eigenvalue weighted by atomic mass is 10.1. The molecule has 94 valence electrons. The van der Waals surface area contributed by atoms with Gasteiger partial charge in [-0.3, -0.25) is 0 Å². The third-order valence-electron chi connectivity index (χ3n) is 2.61. The number of hydrogen-bond acceptors (Lipinski definition) is 2. The maximum atomic E-state index is 13.6. The molecule has 0 saturated carbocycles. The van der Waals surface area contributed by atoms with E-state index in [1.54, 1.807) is 18.3 Å². The van der Waals surface area contributed by atoms with E-state index >= 15 is 0 Å². The highest BCUT2D eigenvalue weighted by Gasteiger charge is 2.05. The molecule has 0 aromatic heterocycles. The summed E-state index contributed by atoms with van der Waals surface area (Å²) >= 11 is 5.85. The number of hydrogen-bond donors (Lipinski definition) is 2. The molecule has 0 saturated heterocycles. The van der Waals surface area contributed by atoms with Crippen molar-refractivity contribution >= 4 is 17.2 Å². The molecule has 17 heavy (non-hydrogen) atoms. The standard InChI is InChI=1S/C13H18ClFN2/c1-4-13(16-3)17-8-9(2)11-7-10(14)5-6-12(11)15/h5-8,13,16-17H,4H2,1-3H3/b9-8+. The summed E-state index contributed by atoms with van der Waals surface area (Å²) in [6, 6.07) is 4.55. The van der Waals surface area contributed by atoms with Crippen molar-refractivity contribution in [1.29, 1.82) is 0 Å². The molecule has 1 aromatic carbocycles. The van der Waals surface area contributed by atoms with Gasteiger partial charge in [0.05, 0.1) is 6.17 Å². The van der Waals surface area contributed by atoms with Crippen LogP contribution in [0.2, 0.25) is 5.02 Å². The van der Waals surface area contributed by atoms with Gasteiger partial charge >= 0.3 is 0 Å². The van der Waals surface area contributed by atoms with Crippen molar-refractivity contribution in [3.8, 4) is 0 Å². The first-order chi connectivity index (χ1) is 8.08. The zero-order chi connectivity index (χ0) is 12.8. The molecule has 0 fully saturated rings. The van der Waals surface area contributed by atoms with Crippen LogP contribution in [0.3, 0.4) is 0 Å². The van der Waals surface area contributed by atoms with Crippen LogP contribution in [0.15, 0.2) is 24.4 Å². The Morgan fingerprint density at radius 3 is 2.82 bits per heavy atom. The van der Waals surface area contributed by atoms with E-state index in [2.05, 4.69) is 17.6 Å². The summed E-state index contributed by atoms with van der Waals surface area (Å²) in [5.41, 5.74) is 1.34. The first kappa shape index (κ1) is 14.0. The van der Waals surface area contributed by atoms with E-state index in [1.165, 1.54) is 6.07 Å². The predicted octanol–water partition coefficient (Wildman–Crippen LogP) is 3.39. The van der Waals surface area contributed by atoms with E-state index in [0.29, 0.717) is 10.6 Å². The van der Waals surface area contributed by atoms with E-state index < -0.39 is 0 Å². The largest absolute Gasteiger partial charge is 0.376 e. The molecule has 0 radical (unpaired) electrons. The molecule has 1 rings (SSSR count). The fourth-order valence-electron chi connectivity index (χ4n) is 1.51. The summed E-state index contributed by atoms with van der Waals surface area (Å²) in [6.45, 7) is 3.92. The lowest BCUT2D eigenvalue weighted by molar-refractivity contribution is 0.499. The molecule has 0 bridgehead atoms. The number of nitrogens with one attached hydrogen (secondary N) is 2. The van der Waals surface area contributed by atoms with Crippen molar-refractivity contribution in [1.82, 2.24) is 10.6 Å². The highest BCUT2D eigenvalue weighted by molar-refractivity contribution is 6.30. The highest BCUT2D eigenvalue weighted by Crippen LogP contribution is 2.21. The van der Waals surface area contributed by atoms with Crippen LogP contribution in [-0.2, 0) is 0 Å². The zero-order valence-corrected chi connectivity index (χ0v) is 11.1. The minimum absolute atomic E-state index is 0.187. The number of allylic oxidation sites excluding steroid dienone is 1. The molecule has 0 heterocycles. The molecular formula is C13H18ClFN2. The van der Waals surface area contributed by atoms with Crippen molar-refractivity contribution in [2.45, 2.75) is 26.4 Å². The number of halogens is 2. The second-order valence-electron chi connectivity index (χ2n) is 3.87. The number of rotatable bonds is 5. The third kappa shape index (κ3) is 4.02. The molecular weight excluding hydrogens is 239 g/mol. The van der Waals surface area contributed by atoms with Crippen LogP contribution in [0.4, 0.5) is 4.39 Å². The molecule has 0 aliphatic heterocycles. The van der Waals surface area contributed by atoms with Crippen LogP contribution in [0.1, 0.15) is 25.8 Å². The van der Waals surface area contributed by atoms with Gasteiger partial charge in [0.15, 0.2) is 0 Å². The average Bonchev–Trinajstić information content (AvgIpc) is 2.33. The van der Waals surface area contributed by atoms with Gasteiger partial charge < -0.3 is 10.6 Å². The average molecular weight is 257 g/mol. The summed E-state index contributed by atoms with van der Waals surface area (Å²) in [4.78, 5) is 0. The molecule has 4 heteroatoms. The van der Waals surface area contributed by atoms with Gasteiger partial charge in [-0.2, -0.15) is 0 Å². The van der Waals surface area contributed by atoms with Crippen molar-refractivity contribution in [2.24, 2.45) is 0 Å².